The van der Waals surface area contributed by atoms with Gasteiger partial charge in [-0.3, -0.25) is 4.68 Å². The molecule has 0 saturated carbocycles. The largest absolute Gasteiger partial charge is 0.369 e. The van der Waals surface area contributed by atoms with Gasteiger partial charge in [-0.15, -0.1) is 0 Å². The topological polar surface area (TPSA) is 88.9 Å². The molecule has 0 bridgehead atoms. The second-order valence-electron chi connectivity index (χ2n) is 4.23. The predicted molar refractivity (Wildman–Crippen MR) is 75.6 cm³/mol. The standard InChI is InChI=1S/C12H17N5O2S/c1-3-13-12-11(5-4-6-14-12)20(18,19)16-8-10-7-15-17(2)9-10/h4-7,9,16H,3,8H2,1-2H3,(H,13,14). The van der Waals surface area contributed by atoms with Gasteiger partial charge >= 0.3 is 0 Å². The lowest BCUT2D eigenvalue weighted by Crippen LogP contribution is -2.24. The van der Waals surface area contributed by atoms with Crippen molar-refractivity contribution in [2.24, 2.45) is 7.05 Å². The van der Waals surface area contributed by atoms with Crippen LogP contribution in [-0.2, 0) is 23.6 Å². The molecular weight excluding hydrogens is 278 g/mol. The molecule has 2 heterocycles. The van der Waals surface area contributed by atoms with E-state index in [1.54, 1.807) is 36.4 Å². The molecule has 0 spiro atoms. The van der Waals surface area contributed by atoms with Crippen LogP contribution in [0, 0.1) is 0 Å². The summed E-state index contributed by atoms with van der Waals surface area (Å²) in [5.41, 5.74) is 0.796. The number of anilines is 1. The number of nitrogens with zero attached hydrogens (tertiary/aromatic N) is 3. The third-order valence-electron chi connectivity index (χ3n) is 2.63. The Labute approximate surface area is 118 Å². The van der Waals surface area contributed by atoms with Crippen molar-refractivity contribution >= 4 is 15.8 Å². The Hall–Kier alpha value is -1.93. The molecule has 0 radical (unpaired) electrons. The minimum atomic E-state index is -3.61. The third-order valence-corrected chi connectivity index (χ3v) is 4.06. The first kappa shape index (κ1) is 14.5. The smallest absolute Gasteiger partial charge is 0.244 e. The molecule has 0 aromatic carbocycles. The summed E-state index contributed by atoms with van der Waals surface area (Å²) < 4.78 is 28.7. The van der Waals surface area contributed by atoms with E-state index in [9.17, 15) is 8.42 Å². The number of nitrogens with one attached hydrogen (secondary N) is 2. The van der Waals surface area contributed by atoms with E-state index in [4.69, 9.17) is 0 Å². The van der Waals surface area contributed by atoms with Crippen molar-refractivity contribution in [3.63, 3.8) is 0 Å². The fourth-order valence-electron chi connectivity index (χ4n) is 1.73. The number of pyridine rings is 1. The van der Waals surface area contributed by atoms with Gasteiger partial charge in [0.15, 0.2) is 0 Å². The van der Waals surface area contributed by atoms with Gasteiger partial charge in [-0.2, -0.15) is 5.10 Å². The molecule has 2 aromatic heterocycles. The number of sulfonamides is 1. The zero-order chi connectivity index (χ0) is 14.6. The maximum atomic E-state index is 12.3. The summed E-state index contributed by atoms with van der Waals surface area (Å²) in [6, 6.07) is 3.12. The second kappa shape index (κ2) is 6.02. The highest BCUT2D eigenvalue weighted by Crippen LogP contribution is 2.17. The van der Waals surface area contributed by atoms with E-state index >= 15 is 0 Å². The van der Waals surface area contributed by atoms with Crippen LogP contribution in [-0.4, -0.2) is 29.7 Å². The predicted octanol–water partition coefficient (Wildman–Crippen LogP) is 0.725. The van der Waals surface area contributed by atoms with Crippen molar-refractivity contribution in [3.8, 4) is 0 Å². The SMILES string of the molecule is CCNc1ncccc1S(=O)(=O)NCc1cnn(C)c1. The van der Waals surface area contributed by atoms with E-state index in [2.05, 4.69) is 20.1 Å². The molecule has 0 aliphatic rings. The Kier molecular flexibility index (Phi) is 4.35. The van der Waals surface area contributed by atoms with Crippen LogP contribution in [0.2, 0.25) is 0 Å². The lowest BCUT2D eigenvalue weighted by atomic mass is 10.4. The van der Waals surface area contributed by atoms with Gasteiger partial charge in [-0.05, 0) is 19.1 Å². The van der Waals surface area contributed by atoms with Crippen molar-refractivity contribution in [2.75, 3.05) is 11.9 Å². The Morgan fingerprint density at radius 3 is 2.85 bits per heavy atom. The zero-order valence-electron chi connectivity index (χ0n) is 11.4. The normalized spacial score (nSPS) is 11.5. The van der Waals surface area contributed by atoms with Crippen LogP contribution in [0.15, 0.2) is 35.6 Å². The molecule has 0 saturated heterocycles. The summed E-state index contributed by atoms with van der Waals surface area (Å²) in [4.78, 5) is 4.19. The van der Waals surface area contributed by atoms with E-state index in [0.717, 1.165) is 5.56 Å². The number of hydrogen-bond acceptors (Lipinski definition) is 5. The third kappa shape index (κ3) is 3.34. The van der Waals surface area contributed by atoms with Crippen molar-refractivity contribution in [1.29, 1.82) is 0 Å². The van der Waals surface area contributed by atoms with Gasteiger partial charge in [0.05, 0.1) is 6.20 Å². The number of aromatic nitrogens is 3. The highest BCUT2D eigenvalue weighted by molar-refractivity contribution is 7.89. The first-order valence-corrected chi connectivity index (χ1v) is 7.67. The average molecular weight is 295 g/mol. The van der Waals surface area contributed by atoms with Crippen LogP contribution < -0.4 is 10.0 Å². The molecule has 0 atom stereocenters. The second-order valence-corrected chi connectivity index (χ2v) is 5.96. The number of aryl methyl sites for hydroxylation is 1. The van der Waals surface area contributed by atoms with Crippen molar-refractivity contribution < 1.29 is 8.42 Å². The highest BCUT2D eigenvalue weighted by Gasteiger charge is 2.18. The molecule has 0 aliphatic carbocycles. The van der Waals surface area contributed by atoms with Gasteiger partial charge in [0, 0.05) is 38.1 Å². The maximum absolute atomic E-state index is 12.3. The quantitative estimate of drug-likeness (QED) is 0.820. The van der Waals surface area contributed by atoms with Gasteiger partial charge in [0.2, 0.25) is 10.0 Å². The lowest BCUT2D eigenvalue weighted by molar-refractivity contribution is 0.581. The summed E-state index contributed by atoms with van der Waals surface area (Å²) in [6.07, 6.45) is 4.94. The first-order valence-electron chi connectivity index (χ1n) is 6.19. The van der Waals surface area contributed by atoms with E-state index in [-0.39, 0.29) is 11.4 Å². The summed E-state index contributed by atoms with van der Waals surface area (Å²) in [7, 11) is -1.83. The van der Waals surface area contributed by atoms with Gasteiger partial charge in [-0.25, -0.2) is 18.1 Å². The van der Waals surface area contributed by atoms with Crippen LogP contribution in [0.4, 0.5) is 5.82 Å². The molecule has 2 N–H and O–H groups in total. The van der Waals surface area contributed by atoms with E-state index in [0.29, 0.717) is 12.4 Å². The molecule has 0 fully saturated rings. The van der Waals surface area contributed by atoms with Gasteiger partial charge < -0.3 is 5.32 Å². The maximum Gasteiger partial charge on any atom is 0.244 e. The number of hydrogen-bond donors (Lipinski definition) is 2. The minimum absolute atomic E-state index is 0.144. The van der Waals surface area contributed by atoms with Crippen molar-refractivity contribution in [3.05, 3.63) is 36.3 Å². The Morgan fingerprint density at radius 2 is 2.20 bits per heavy atom. The Morgan fingerprint density at radius 1 is 1.40 bits per heavy atom. The van der Waals surface area contributed by atoms with E-state index in [1.807, 2.05) is 6.92 Å². The van der Waals surface area contributed by atoms with Crippen LogP contribution in [0.1, 0.15) is 12.5 Å². The molecule has 2 aromatic rings. The Balaban J connectivity index is 2.18. The summed E-state index contributed by atoms with van der Waals surface area (Å²) >= 11 is 0. The zero-order valence-corrected chi connectivity index (χ0v) is 12.2. The molecule has 108 valence electrons. The molecule has 7 nitrogen and oxygen atoms in total. The van der Waals surface area contributed by atoms with Crippen molar-refractivity contribution in [1.82, 2.24) is 19.5 Å². The molecule has 8 heteroatoms. The van der Waals surface area contributed by atoms with Crippen LogP contribution in [0.25, 0.3) is 0 Å². The average Bonchev–Trinajstić information content (AvgIpc) is 2.83. The summed E-state index contributed by atoms with van der Waals surface area (Å²) in [5, 5.41) is 6.93. The molecule has 0 unspecified atom stereocenters. The van der Waals surface area contributed by atoms with Gasteiger partial charge in [-0.1, -0.05) is 0 Å². The molecular formula is C12H17N5O2S. The van der Waals surface area contributed by atoms with Crippen LogP contribution >= 0.6 is 0 Å². The lowest BCUT2D eigenvalue weighted by Gasteiger charge is -2.10. The monoisotopic (exact) mass is 295 g/mol. The van der Waals surface area contributed by atoms with Crippen LogP contribution in [0.3, 0.4) is 0 Å². The van der Waals surface area contributed by atoms with E-state index < -0.39 is 10.0 Å². The minimum Gasteiger partial charge on any atom is -0.369 e. The molecule has 0 aliphatic heterocycles. The fraction of sp³-hybridized carbons (Fsp3) is 0.333. The number of rotatable bonds is 6. The van der Waals surface area contributed by atoms with Crippen molar-refractivity contribution in [2.45, 2.75) is 18.4 Å². The Bertz CT molecular complexity index is 681. The fourth-order valence-corrected chi connectivity index (χ4v) is 2.88. The van der Waals surface area contributed by atoms with Gasteiger partial charge in [0.1, 0.15) is 10.7 Å². The van der Waals surface area contributed by atoms with Crippen LogP contribution in [0.5, 0.6) is 0 Å². The summed E-state index contributed by atoms with van der Waals surface area (Å²) in [6.45, 7) is 2.67. The van der Waals surface area contributed by atoms with E-state index in [1.165, 1.54) is 6.07 Å². The summed E-state index contributed by atoms with van der Waals surface area (Å²) in [5.74, 6) is 0.355. The highest BCUT2D eigenvalue weighted by atomic mass is 32.2. The molecule has 20 heavy (non-hydrogen) atoms. The van der Waals surface area contributed by atoms with Gasteiger partial charge in [0.25, 0.3) is 0 Å². The first-order chi connectivity index (χ1) is 9.53. The molecule has 0 amide bonds. The molecule has 2 rings (SSSR count).